The number of benzene rings is 2. The van der Waals surface area contributed by atoms with Crippen LogP contribution in [0.15, 0.2) is 40.9 Å². The molecule has 0 aliphatic rings. The number of amides is 1. The van der Waals surface area contributed by atoms with E-state index in [4.69, 9.17) is 0 Å². The maximum Gasteiger partial charge on any atom is 0.274 e. The average molecular weight is 353 g/mol. The monoisotopic (exact) mass is 352 g/mol. The Labute approximate surface area is 128 Å². The SMILES string of the molecule is Cc1c(NC(=O)c2ccc(F)cc2Br)cccc1[N+](=O)[O-]. The minimum absolute atomic E-state index is 0.0778. The fourth-order valence-electron chi connectivity index (χ4n) is 1.82. The number of nitrogens with one attached hydrogen (secondary N) is 1. The summed E-state index contributed by atoms with van der Waals surface area (Å²) >= 11 is 3.11. The van der Waals surface area contributed by atoms with Gasteiger partial charge in [0.15, 0.2) is 0 Å². The van der Waals surface area contributed by atoms with Crippen molar-refractivity contribution in [2.75, 3.05) is 5.32 Å². The Hall–Kier alpha value is -2.28. The standard InChI is InChI=1S/C14H10BrFN2O3/c1-8-12(3-2-4-13(8)18(20)21)17-14(19)10-6-5-9(16)7-11(10)15/h2-7H,1H3,(H,17,19). The van der Waals surface area contributed by atoms with Gasteiger partial charge in [0.2, 0.25) is 0 Å². The highest BCUT2D eigenvalue weighted by Crippen LogP contribution is 2.26. The zero-order valence-electron chi connectivity index (χ0n) is 10.9. The number of halogens is 2. The molecule has 2 aromatic carbocycles. The molecule has 0 heterocycles. The van der Waals surface area contributed by atoms with Gasteiger partial charge in [0, 0.05) is 10.5 Å². The van der Waals surface area contributed by atoms with E-state index in [1.807, 2.05) is 0 Å². The Morgan fingerprint density at radius 2 is 2.05 bits per heavy atom. The summed E-state index contributed by atoms with van der Waals surface area (Å²) in [7, 11) is 0. The first-order valence-electron chi connectivity index (χ1n) is 5.90. The summed E-state index contributed by atoms with van der Waals surface area (Å²) in [5.41, 5.74) is 0.854. The van der Waals surface area contributed by atoms with Crippen molar-refractivity contribution in [3.63, 3.8) is 0 Å². The Morgan fingerprint density at radius 1 is 1.33 bits per heavy atom. The van der Waals surface area contributed by atoms with Gasteiger partial charge in [0.05, 0.1) is 21.7 Å². The molecule has 0 radical (unpaired) electrons. The number of anilines is 1. The van der Waals surface area contributed by atoms with Crippen molar-refractivity contribution >= 4 is 33.2 Å². The number of nitrogens with zero attached hydrogens (tertiary/aromatic N) is 1. The number of carbonyl (C=O) groups is 1. The topological polar surface area (TPSA) is 72.2 Å². The van der Waals surface area contributed by atoms with Crippen LogP contribution in [0.25, 0.3) is 0 Å². The number of hydrogen-bond donors (Lipinski definition) is 1. The molecule has 0 unspecified atom stereocenters. The van der Waals surface area contributed by atoms with Gasteiger partial charge in [0.25, 0.3) is 11.6 Å². The summed E-state index contributed by atoms with van der Waals surface area (Å²) in [6.45, 7) is 1.55. The molecule has 0 saturated heterocycles. The molecule has 0 atom stereocenters. The predicted molar refractivity (Wildman–Crippen MR) is 79.9 cm³/mol. The second-order valence-corrected chi connectivity index (χ2v) is 5.14. The lowest BCUT2D eigenvalue weighted by Crippen LogP contribution is -2.14. The third-order valence-corrected chi connectivity index (χ3v) is 3.58. The minimum Gasteiger partial charge on any atom is -0.321 e. The van der Waals surface area contributed by atoms with Crippen LogP contribution in [0.1, 0.15) is 15.9 Å². The van der Waals surface area contributed by atoms with Gasteiger partial charge in [0.1, 0.15) is 5.82 Å². The zero-order chi connectivity index (χ0) is 15.6. The maximum atomic E-state index is 13.0. The second-order valence-electron chi connectivity index (χ2n) is 4.29. The Kier molecular flexibility index (Phi) is 4.32. The molecule has 21 heavy (non-hydrogen) atoms. The number of carbonyl (C=O) groups excluding carboxylic acids is 1. The molecule has 2 rings (SSSR count). The van der Waals surface area contributed by atoms with Crippen LogP contribution in [0.3, 0.4) is 0 Å². The van der Waals surface area contributed by atoms with E-state index >= 15 is 0 Å². The molecule has 0 aliphatic carbocycles. The highest BCUT2D eigenvalue weighted by Gasteiger charge is 2.16. The van der Waals surface area contributed by atoms with Crippen LogP contribution in [0, 0.1) is 22.9 Å². The number of nitro benzene ring substituents is 1. The smallest absolute Gasteiger partial charge is 0.274 e. The van der Waals surface area contributed by atoms with Crippen LogP contribution in [0.2, 0.25) is 0 Å². The van der Waals surface area contributed by atoms with Gasteiger partial charge in [-0.05, 0) is 47.1 Å². The molecule has 1 N–H and O–H groups in total. The van der Waals surface area contributed by atoms with E-state index < -0.39 is 16.6 Å². The van der Waals surface area contributed by atoms with Crippen LogP contribution in [0.4, 0.5) is 15.8 Å². The number of hydrogen-bond acceptors (Lipinski definition) is 3. The summed E-state index contributed by atoms with van der Waals surface area (Å²) in [6.07, 6.45) is 0. The maximum absolute atomic E-state index is 13.0. The Balaban J connectivity index is 2.32. The lowest BCUT2D eigenvalue weighted by molar-refractivity contribution is -0.385. The number of rotatable bonds is 3. The van der Waals surface area contributed by atoms with Crippen molar-refractivity contribution in [3.8, 4) is 0 Å². The summed E-state index contributed by atoms with van der Waals surface area (Å²) < 4.78 is 13.3. The zero-order valence-corrected chi connectivity index (χ0v) is 12.5. The van der Waals surface area contributed by atoms with Gasteiger partial charge in [-0.2, -0.15) is 0 Å². The van der Waals surface area contributed by atoms with Gasteiger partial charge in [-0.25, -0.2) is 4.39 Å². The molecule has 0 aliphatic heterocycles. The molecule has 2 aromatic rings. The van der Waals surface area contributed by atoms with Crippen molar-refractivity contribution in [2.45, 2.75) is 6.92 Å². The van der Waals surface area contributed by atoms with Crippen molar-refractivity contribution in [3.05, 3.63) is 67.9 Å². The van der Waals surface area contributed by atoms with Gasteiger partial charge in [-0.3, -0.25) is 14.9 Å². The highest BCUT2D eigenvalue weighted by atomic mass is 79.9. The molecule has 0 spiro atoms. The van der Waals surface area contributed by atoms with Crippen LogP contribution in [-0.4, -0.2) is 10.8 Å². The summed E-state index contributed by atoms with van der Waals surface area (Å²) in [5, 5.41) is 13.5. The fourth-order valence-corrected chi connectivity index (χ4v) is 2.35. The van der Waals surface area contributed by atoms with Gasteiger partial charge < -0.3 is 5.32 Å². The lowest BCUT2D eigenvalue weighted by Gasteiger charge is -2.09. The molecular formula is C14H10BrFN2O3. The van der Waals surface area contributed by atoms with E-state index in [0.717, 1.165) is 0 Å². The average Bonchev–Trinajstić information content (AvgIpc) is 2.40. The molecule has 5 nitrogen and oxygen atoms in total. The van der Waals surface area contributed by atoms with E-state index in [-0.39, 0.29) is 11.3 Å². The quantitative estimate of drug-likeness (QED) is 0.668. The van der Waals surface area contributed by atoms with Crippen LogP contribution in [0.5, 0.6) is 0 Å². The first kappa shape index (κ1) is 15.1. The minimum atomic E-state index is -0.515. The third-order valence-electron chi connectivity index (χ3n) is 2.93. The molecule has 1 amide bonds. The summed E-state index contributed by atoms with van der Waals surface area (Å²) in [6, 6.07) is 8.09. The molecule has 0 aromatic heterocycles. The van der Waals surface area contributed by atoms with Crippen molar-refractivity contribution in [1.29, 1.82) is 0 Å². The van der Waals surface area contributed by atoms with Crippen molar-refractivity contribution < 1.29 is 14.1 Å². The largest absolute Gasteiger partial charge is 0.321 e. The predicted octanol–water partition coefficient (Wildman–Crippen LogP) is 4.06. The molecule has 0 saturated carbocycles. The summed E-state index contributed by atoms with van der Waals surface area (Å²) in [5.74, 6) is -0.949. The van der Waals surface area contributed by atoms with E-state index in [9.17, 15) is 19.3 Å². The fraction of sp³-hybridized carbons (Fsp3) is 0.0714. The van der Waals surface area contributed by atoms with Crippen LogP contribution in [-0.2, 0) is 0 Å². The molecule has 0 fully saturated rings. The summed E-state index contributed by atoms with van der Waals surface area (Å²) in [4.78, 5) is 22.5. The van der Waals surface area contributed by atoms with E-state index in [1.165, 1.54) is 30.3 Å². The molecular weight excluding hydrogens is 343 g/mol. The van der Waals surface area contributed by atoms with E-state index in [1.54, 1.807) is 13.0 Å². The number of nitro groups is 1. The lowest BCUT2D eigenvalue weighted by atomic mass is 10.1. The Bertz CT molecular complexity index is 734. The van der Waals surface area contributed by atoms with Crippen LogP contribution < -0.4 is 5.32 Å². The van der Waals surface area contributed by atoms with Gasteiger partial charge in [-0.15, -0.1) is 0 Å². The third kappa shape index (κ3) is 3.25. The van der Waals surface area contributed by atoms with E-state index in [2.05, 4.69) is 21.2 Å². The first-order chi connectivity index (χ1) is 9.90. The normalized spacial score (nSPS) is 10.2. The van der Waals surface area contributed by atoms with E-state index in [0.29, 0.717) is 15.7 Å². The first-order valence-corrected chi connectivity index (χ1v) is 6.70. The Morgan fingerprint density at radius 3 is 2.67 bits per heavy atom. The van der Waals surface area contributed by atoms with Gasteiger partial charge >= 0.3 is 0 Å². The van der Waals surface area contributed by atoms with Crippen molar-refractivity contribution in [2.24, 2.45) is 0 Å². The molecule has 108 valence electrons. The van der Waals surface area contributed by atoms with Gasteiger partial charge in [-0.1, -0.05) is 6.07 Å². The second kappa shape index (κ2) is 6.01. The molecule has 7 heteroatoms. The highest BCUT2D eigenvalue weighted by molar-refractivity contribution is 9.10. The van der Waals surface area contributed by atoms with Crippen LogP contribution >= 0.6 is 15.9 Å². The van der Waals surface area contributed by atoms with Crippen molar-refractivity contribution in [1.82, 2.24) is 0 Å². The molecule has 0 bridgehead atoms.